The average molecular weight is 358 g/mol. The molecule has 1 atom stereocenters. The van der Waals surface area contributed by atoms with E-state index in [0.717, 1.165) is 41.8 Å². The minimum absolute atomic E-state index is 0.0417. The summed E-state index contributed by atoms with van der Waals surface area (Å²) in [6.45, 7) is 4.77. The Morgan fingerprint density at radius 3 is 2.96 bits per heavy atom. The van der Waals surface area contributed by atoms with E-state index >= 15 is 0 Å². The molecule has 0 radical (unpaired) electrons. The number of aliphatic hydroxyl groups excluding tert-OH is 1. The van der Waals surface area contributed by atoms with Gasteiger partial charge in [-0.05, 0) is 30.2 Å². The molecule has 25 heavy (non-hydrogen) atoms. The summed E-state index contributed by atoms with van der Waals surface area (Å²) < 4.78 is 6.16. The van der Waals surface area contributed by atoms with Gasteiger partial charge in [0.15, 0.2) is 5.58 Å². The Bertz CT molecular complexity index is 909. The second kappa shape index (κ2) is 6.67. The van der Waals surface area contributed by atoms with Crippen LogP contribution in [0.2, 0.25) is 5.02 Å². The van der Waals surface area contributed by atoms with Gasteiger partial charge in [0, 0.05) is 36.3 Å². The van der Waals surface area contributed by atoms with Crippen molar-refractivity contribution >= 4 is 28.7 Å². The van der Waals surface area contributed by atoms with Gasteiger partial charge in [-0.25, -0.2) is 0 Å². The predicted octanol–water partition coefficient (Wildman–Crippen LogP) is 3.44. The van der Waals surface area contributed by atoms with Gasteiger partial charge in [0.2, 0.25) is 0 Å². The van der Waals surface area contributed by atoms with Crippen LogP contribution < -0.4 is 10.2 Å². The van der Waals surface area contributed by atoms with Crippen molar-refractivity contribution in [2.45, 2.75) is 19.6 Å². The van der Waals surface area contributed by atoms with Crippen LogP contribution in [-0.2, 0) is 6.61 Å². The monoisotopic (exact) mass is 357 g/mol. The Hall–Kier alpha value is -2.08. The zero-order valence-corrected chi connectivity index (χ0v) is 14.8. The van der Waals surface area contributed by atoms with E-state index in [2.05, 4.69) is 22.1 Å². The quantitative estimate of drug-likeness (QED) is 0.752. The third-order valence-corrected chi connectivity index (χ3v) is 4.89. The molecule has 0 amide bonds. The van der Waals surface area contributed by atoms with Crippen LogP contribution in [0.1, 0.15) is 12.5 Å². The normalized spacial score (nSPS) is 18.0. The molecule has 2 N–H and O–H groups in total. The second-order valence-electron chi connectivity index (χ2n) is 6.36. The highest BCUT2D eigenvalue weighted by molar-refractivity contribution is 6.31. The number of nitrogens with one attached hydrogen (secondary N) is 1. The Kier molecular flexibility index (Phi) is 4.37. The van der Waals surface area contributed by atoms with E-state index < -0.39 is 0 Å². The molecule has 0 bridgehead atoms. The molecule has 0 aliphatic carbocycles. The van der Waals surface area contributed by atoms with Crippen molar-refractivity contribution in [1.29, 1.82) is 0 Å². The van der Waals surface area contributed by atoms with Crippen molar-refractivity contribution < 1.29 is 9.52 Å². The van der Waals surface area contributed by atoms with E-state index in [1.165, 1.54) is 0 Å². The number of rotatable bonds is 3. The number of hydrogen-bond acceptors (Lipinski definition) is 5. The van der Waals surface area contributed by atoms with Gasteiger partial charge in [0.05, 0.1) is 6.61 Å². The molecule has 1 aromatic heterocycles. The van der Waals surface area contributed by atoms with E-state index in [9.17, 15) is 5.11 Å². The molecule has 4 rings (SSSR count). The van der Waals surface area contributed by atoms with E-state index in [-0.39, 0.29) is 6.61 Å². The average Bonchev–Trinajstić information content (AvgIpc) is 3.05. The largest absolute Gasteiger partial charge is 0.423 e. The molecule has 1 aliphatic heterocycles. The first kappa shape index (κ1) is 16.4. The van der Waals surface area contributed by atoms with Crippen molar-refractivity contribution in [2.75, 3.05) is 24.5 Å². The highest BCUT2D eigenvalue weighted by atomic mass is 35.5. The summed E-state index contributed by atoms with van der Waals surface area (Å²) in [6, 6.07) is 12.3. The minimum Gasteiger partial charge on any atom is -0.423 e. The van der Waals surface area contributed by atoms with Gasteiger partial charge in [-0.1, -0.05) is 35.9 Å². The maximum absolute atomic E-state index is 9.67. The lowest BCUT2D eigenvalue weighted by Crippen LogP contribution is -2.50. The molecule has 0 unspecified atom stereocenters. The first-order chi connectivity index (χ1) is 12.2. The van der Waals surface area contributed by atoms with Crippen LogP contribution in [0.5, 0.6) is 0 Å². The second-order valence-corrected chi connectivity index (χ2v) is 6.80. The van der Waals surface area contributed by atoms with Gasteiger partial charge < -0.3 is 19.7 Å². The third kappa shape index (κ3) is 2.99. The lowest BCUT2D eigenvalue weighted by atomic mass is 9.99. The number of benzene rings is 2. The molecule has 5 nitrogen and oxygen atoms in total. The number of hydrogen-bond donors (Lipinski definition) is 2. The molecule has 1 fully saturated rings. The van der Waals surface area contributed by atoms with Crippen LogP contribution >= 0.6 is 11.6 Å². The SMILES string of the molecule is C[C@H]1CNCCN1c1nc2cc(Cl)cc(-c3ccccc3CO)c2o1. The van der Waals surface area contributed by atoms with Crippen molar-refractivity contribution in [3.8, 4) is 11.1 Å². The highest BCUT2D eigenvalue weighted by Gasteiger charge is 2.24. The van der Waals surface area contributed by atoms with Gasteiger partial charge >= 0.3 is 0 Å². The van der Waals surface area contributed by atoms with Crippen molar-refractivity contribution in [1.82, 2.24) is 10.3 Å². The molecular formula is C19H20ClN3O2. The van der Waals surface area contributed by atoms with E-state index in [4.69, 9.17) is 16.0 Å². The smallest absolute Gasteiger partial charge is 0.298 e. The zero-order valence-electron chi connectivity index (χ0n) is 14.0. The van der Waals surface area contributed by atoms with Crippen LogP contribution in [0.3, 0.4) is 0 Å². The molecule has 0 spiro atoms. The van der Waals surface area contributed by atoms with Crippen LogP contribution in [0.15, 0.2) is 40.8 Å². The van der Waals surface area contributed by atoms with Crippen LogP contribution in [0, 0.1) is 0 Å². The fourth-order valence-corrected chi connectivity index (χ4v) is 3.57. The van der Waals surface area contributed by atoms with Crippen LogP contribution in [0.4, 0.5) is 6.01 Å². The topological polar surface area (TPSA) is 61.5 Å². The number of aromatic nitrogens is 1. The van der Waals surface area contributed by atoms with Gasteiger partial charge in [-0.15, -0.1) is 0 Å². The van der Waals surface area contributed by atoms with Gasteiger partial charge in [-0.3, -0.25) is 0 Å². The number of piperazine rings is 1. The lowest BCUT2D eigenvalue weighted by Gasteiger charge is -2.32. The van der Waals surface area contributed by atoms with Crippen molar-refractivity contribution in [3.05, 3.63) is 47.0 Å². The standard InChI is InChI=1S/C19H20ClN3O2/c1-12-10-21-6-7-23(12)19-22-17-9-14(20)8-16(18(17)25-19)15-5-3-2-4-13(15)11-24/h2-5,8-9,12,21,24H,6-7,10-11H2,1H3/t12-/m0/s1. The van der Waals surface area contributed by atoms with Crippen LogP contribution in [-0.4, -0.2) is 35.8 Å². The first-order valence-electron chi connectivity index (χ1n) is 8.44. The Morgan fingerprint density at radius 2 is 2.16 bits per heavy atom. The van der Waals surface area contributed by atoms with Crippen molar-refractivity contribution in [2.24, 2.45) is 0 Å². The summed E-state index contributed by atoms with van der Waals surface area (Å²) in [6.07, 6.45) is 0. The molecule has 2 aromatic carbocycles. The van der Waals surface area contributed by atoms with E-state index in [0.29, 0.717) is 22.7 Å². The highest BCUT2D eigenvalue weighted by Crippen LogP contribution is 2.36. The molecule has 1 saturated heterocycles. The maximum atomic E-state index is 9.67. The Labute approximate surface area is 151 Å². The van der Waals surface area contributed by atoms with Gasteiger partial charge in [0.1, 0.15) is 5.52 Å². The van der Waals surface area contributed by atoms with E-state index in [1.54, 1.807) is 0 Å². The summed E-state index contributed by atoms with van der Waals surface area (Å²) in [5, 5.41) is 13.6. The number of fused-ring (bicyclic) bond motifs is 1. The third-order valence-electron chi connectivity index (χ3n) is 4.67. The number of anilines is 1. The first-order valence-corrected chi connectivity index (χ1v) is 8.81. The fourth-order valence-electron chi connectivity index (χ4n) is 3.36. The summed E-state index contributed by atoms with van der Waals surface area (Å²) in [7, 11) is 0. The molecular weight excluding hydrogens is 338 g/mol. The lowest BCUT2D eigenvalue weighted by molar-refractivity contribution is 0.282. The predicted molar refractivity (Wildman–Crippen MR) is 100 cm³/mol. The molecule has 2 heterocycles. The Morgan fingerprint density at radius 1 is 1.32 bits per heavy atom. The van der Waals surface area contributed by atoms with Crippen LogP contribution in [0.25, 0.3) is 22.2 Å². The molecule has 6 heteroatoms. The Balaban J connectivity index is 1.87. The zero-order chi connectivity index (χ0) is 17.4. The summed E-state index contributed by atoms with van der Waals surface area (Å²) >= 11 is 6.33. The van der Waals surface area contributed by atoms with Crippen molar-refractivity contribution in [3.63, 3.8) is 0 Å². The fraction of sp³-hybridized carbons (Fsp3) is 0.316. The number of aliphatic hydroxyl groups is 1. The van der Waals surface area contributed by atoms with Gasteiger partial charge in [0.25, 0.3) is 6.01 Å². The molecule has 3 aromatic rings. The summed E-state index contributed by atoms with van der Waals surface area (Å²) in [5.41, 5.74) is 4.03. The molecule has 0 saturated carbocycles. The van der Waals surface area contributed by atoms with Gasteiger partial charge in [-0.2, -0.15) is 4.98 Å². The number of oxazole rings is 1. The molecule has 1 aliphatic rings. The summed E-state index contributed by atoms with van der Waals surface area (Å²) in [4.78, 5) is 6.85. The summed E-state index contributed by atoms with van der Waals surface area (Å²) in [5.74, 6) is 0. The molecule has 130 valence electrons. The number of halogens is 1. The maximum Gasteiger partial charge on any atom is 0.298 e. The minimum atomic E-state index is -0.0417. The number of nitrogens with zero attached hydrogens (tertiary/aromatic N) is 2. The van der Waals surface area contributed by atoms with E-state index in [1.807, 2.05) is 36.4 Å².